The van der Waals surface area contributed by atoms with Crippen molar-refractivity contribution in [3.05, 3.63) is 63.6 Å². The maximum atomic E-state index is 13.1. The minimum Gasteiger partial charge on any atom is -0.370 e. The molecule has 150 valence electrons. The van der Waals surface area contributed by atoms with Gasteiger partial charge in [-0.15, -0.1) is 0 Å². The van der Waals surface area contributed by atoms with E-state index >= 15 is 0 Å². The van der Waals surface area contributed by atoms with Crippen molar-refractivity contribution in [1.29, 1.82) is 0 Å². The van der Waals surface area contributed by atoms with E-state index in [1.807, 2.05) is 31.2 Å². The van der Waals surface area contributed by atoms with Crippen LogP contribution in [0.1, 0.15) is 34.5 Å². The van der Waals surface area contributed by atoms with Crippen molar-refractivity contribution in [2.24, 2.45) is 0 Å². The molecule has 1 heterocycles. The predicted molar refractivity (Wildman–Crippen MR) is 111 cm³/mol. The summed E-state index contributed by atoms with van der Waals surface area (Å²) >= 11 is 3.42. The van der Waals surface area contributed by atoms with E-state index < -0.39 is 10.0 Å². The number of halogens is 1. The maximum Gasteiger partial charge on any atom is 0.254 e. The van der Waals surface area contributed by atoms with E-state index in [1.165, 1.54) is 12.1 Å². The molecule has 0 spiro atoms. The molecule has 0 aliphatic carbocycles. The number of nitrogens with zero attached hydrogens (tertiary/aromatic N) is 1. The largest absolute Gasteiger partial charge is 0.370 e. The molecule has 1 fully saturated rings. The lowest BCUT2D eigenvalue weighted by Crippen LogP contribution is -2.42. The monoisotopic (exact) mass is 466 g/mol. The van der Waals surface area contributed by atoms with Gasteiger partial charge in [-0.2, -0.15) is 0 Å². The third-order valence-corrected chi connectivity index (χ3v) is 6.75. The quantitative estimate of drug-likeness (QED) is 0.733. The van der Waals surface area contributed by atoms with E-state index in [2.05, 4.69) is 20.7 Å². The molecule has 1 N–H and O–H groups in total. The van der Waals surface area contributed by atoms with Gasteiger partial charge in [0.15, 0.2) is 0 Å². The van der Waals surface area contributed by atoms with Gasteiger partial charge in [0.25, 0.3) is 5.91 Å². The molecule has 0 bridgehead atoms. The SMILES string of the molecule is CCNS(=O)(=O)c1ccc(C)c(C(=O)N2CCOC(c3ccc(Br)cc3)C2)c1. The van der Waals surface area contributed by atoms with Crippen molar-refractivity contribution >= 4 is 31.9 Å². The van der Waals surface area contributed by atoms with Gasteiger partial charge in [0.1, 0.15) is 6.10 Å². The summed E-state index contributed by atoms with van der Waals surface area (Å²) in [5.41, 5.74) is 2.14. The number of morpholine rings is 1. The van der Waals surface area contributed by atoms with Crippen LogP contribution in [0.2, 0.25) is 0 Å². The summed E-state index contributed by atoms with van der Waals surface area (Å²) in [5.74, 6) is -0.184. The molecule has 1 atom stereocenters. The van der Waals surface area contributed by atoms with E-state index in [9.17, 15) is 13.2 Å². The van der Waals surface area contributed by atoms with E-state index in [4.69, 9.17) is 4.74 Å². The minimum atomic E-state index is -3.62. The molecule has 1 unspecified atom stereocenters. The first kappa shape index (κ1) is 21.0. The van der Waals surface area contributed by atoms with Crippen LogP contribution in [0.5, 0.6) is 0 Å². The number of ether oxygens (including phenoxy) is 1. The van der Waals surface area contributed by atoms with Gasteiger partial charge in [0, 0.05) is 23.1 Å². The molecular weight excluding hydrogens is 444 g/mol. The van der Waals surface area contributed by atoms with Crippen molar-refractivity contribution in [3.8, 4) is 0 Å². The Labute approximate surface area is 174 Å². The van der Waals surface area contributed by atoms with Gasteiger partial charge in [-0.3, -0.25) is 4.79 Å². The van der Waals surface area contributed by atoms with Crippen LogP contribution in [0.3, 0.4) is 0 Å². The summed E-state index contributed by atoms with van der Waals surface area (Å²) in [5, 5.41) is 0. The van der Waals surface area contributed by atoms with Crippen LogP contribution >= 0.6 is 15.9 Å². The van der Waals surface area contributed by atoms with Crippen LogP contribution in [-0.2, 0) is 14.8 Å². The van der Waals surface area contributed by atoms with Gasteiger partial charge in [-0.05, 0) is 42.3 Å². The zero-order valence-corrected chi connectivity index (χ0v) is 18.2. The molecule has 1 aliphatic heterocycles. The van der Waals surface area contributed by atoms with Gasteiger partial charge in [0.05, 0.1) is 18.0 Å². The fourth-order valence-corrected chi connectivity index (χ4v) is 4.49. The van der Waals surface area contributed by atoms with Crippen LogP contribution in [0, 0.1) is 6.92 Å². The molecule has 1 aliphatic rings. The average Bonchev–Trinajstić information content (AvgIpc) is 2.68. The second-order valence-corrected chi connectivity index (χ2v) is 9.32. The molecule has 6 nitrogen and oxygen atoms in total. The molecule has 3 rings (SSSR count). The smallest absolute Gasteiger partial charge is 0.254 e. The zero-order chi connectivity index (χ0) is 20.3. The number of sulfonamides is 1. The Morgan fingerprint density at radius 1 is 1.25 bits per heavy atom. The minimum absolute atomic E-state index is 0.0982. The van der Waals surface area contributed by atoms with E-state index in [0.29, 0.717) is 25.3 Å². The Hall–Kier alpha value is -1.74. The first-order chi connectivity index (χ1) is 13.3. The molecule has 1 saturated heterocycles. The van der Waals surface area contributed by atoms with Gasteiger partial charge in [-0.25, -0.2) is 13.1 Å². The third-order valence-electron chi connectivity index (χ3n) is 4.68. The first-order valence-electron chi connectivity index (χ1n) is 9.08. The second-order valence-electron chi connectivity index (χ2n) is 6.64. The Morgan fingerprint density at radius 2 is 1.96 bits per heavy atom. The van der Waals surface area contributed by atoms with Gasteiger partial charge in [-0.1, -0.05) is 41.1 Å². The maximum absolute atomic E-state index is 13.1. The molecule has 28 heavy (non-hydrogen) atoms. The zero-order valence-electron chi connectivity index (χ0n) is 15.8. The standard InChI is InChI=1S/C20H23BrN2O4S/c1-3-22-28(25,26)17-9-4-14(2)18(12-17)20(24)23-10-11-27-19(13-23)15-5-7-16(21)8-6-15/h4-9,12,19,22H,3,10-11,13H2,1-2H3. The lowest BCUT2D eigenvalue weighted by Gasteiger charge is -2.33. The number of hydrogen-bond acceptors (Lipinski definition) is 4. The number of aryl methyl sites for hydroxylation is 1. The number of rotatable bonds is 5. The van der Waals surface area contributed by atoms with Crippen molar-refractivity contribution in [1.82, 2.24) is 9.62 Å². The van der Waals surface area contributed by atoms with E-state index in [0.717, 1.165) is 15.6 Å². The summed E-state index contributed by atoms with van der Waals surface area (Å²) in [6, 6.07) is 12.5. The van der Waals surface area contributed by atoms with Crippen molar-refractivity contribution in [2.75, 3.05) is 26.2 Å². The molecular formula is C20H23BrN2O4S. The van der Waals surface area contributed by atoms with Crippen LogP contribution in [-0.4, -0.2) is 45.5 Å². The van der Waals surface area contributed by atoms with Gasteiger partial charge < -0.3 is 9.64 Å². The summed E-state index contributed by atoms with van der Waals surface area (Å²) in [7, 11) is -3.62. The Balaban J connectivity index is 1.84. The highest BCUT2D eigenvalue weighted by molar-refractivity contribution is 9.10. The summed E-state index contributed by atoms with van der Waals surface area (Å²) in [6.07, 6.45) is -0.209. The van der Waals surface area contributed by atoms with Crippen molar-refractivity contribution in [3.63, 3.8) is 0 Å². The molecule has 0 radical (unpaired) electrons. The summed E-state index contributed by atoms with van der Waals surface area (Å²) < 4.78 is 33.9. The topological polar surface area (TPSA) is 75.7 Å². The Bertz CT molecular complexity index is 961. The van der Waals surface area contributed by atoms with Gasteiger partial charge >= 0.3 is 0 Å². The fraction of sp³-hybridized carbons (Fsp3) is 0.350. The predicted octanol–water partition coefficient (Wildman–Crippen LogP) is 3.27. The lowest BCUT2D eigenvalue weighted by molar-refractivity contribution is -0.0228. The van der Waals surface area contributed by atoms with E-state index in [-0.39, 0.29) is 23.5 Å². The third kappa shape index (κ3) is 4.63. The lowest BCUT2D eigenvalue weighted by atomic mass is 10.0. The average molecular weight is 467 g/mol. The summed E-state index contributed by atoms with van der Waals surface area (Å²) in [6.45, 7) is 5.13. The van der Waals surface area contributed by atoms with Crippen molar-refractivity contribution < 1.29 is 17.9 Å². The highest BCUT2D eigenvalue weighted by Gasteiger charge is 2.27. The number of amides is 1. The number of hydrogen-bond donors (Lipinski definition) is 1. The van der Waals surface area contributed by atoms with Crippen LogP contribution in [0.25, 0.3) is 0 Å². The molecule has 2 aromatic carbocycles. The Morgan fingerprint density at radius 3 is 2.64 bits per heavy atom. The summed E-state index contributed by atoms with van der Waals surface area (Å²) in [4.78, 5) is 15.0. The highest BCUT2D eigenvalue weighted by atomic mass is 79.9. The van der Waals surface area contributed by atoms with Crippen molar-refractivity contribution in [2.45, 2.75) is 24.8 Å². The molecule has 0 aromatic heterocycles. The molecule has 8 heteroatoms. The first-order valence-corrected chi connectivity index (χ1v) is 11.4. The Kier molecular flexibility index (Phi) is 6.54. The molecule has 0 saturated carbocycles. The fourth-order valence-electron chi connectivity index (χ4n) is 3.16. The normalized spacial score (nSPS) is 17.5. The molecule has 1 amide bonds. The highest BCUT2D eigenvalue weighted by Crippen LogP contribution is 2.26. The molecule has 2 aromatic rings. The van der Waals surface area contributed by atoms with E-state index in [1.54, 1.807) is 17.9 Å². The van der Waals surface area contributed by atoms with Gasteiger partial charge in [0.2, 0.25) is 10.0 Å². The number of nitrogens with one attached hydrogen (secondary N) is 1. The number of carbonyl (C=O) groups excluding carboxylic acids is 1. The van der Waals surface area contributed by atoms with Crippen LogP contribution in [0.4, 0.5) is 0 Å². The van der Waals surface area contributed by atoms with Crippen LogP contribution in [0.15, 0.2) is 51.8 Å². The second kappa shape index (κ2) is 8.73. The number of benzene rings is 2. The number of carbonyl (C=O) groups is 1. The van der Waals surface area contributed by atoms with Crippen LogP contribution < -0.4 is 4.72 Å².